The number of rotatable bonds is 6. The minimum Gasteiger partial charge on any atom is -0.382 e. The van der Waals surface area contributed by atoms with E-state index in [1.54, 1.807) is 0 Å². The molecular weight excluding hydrogens is 242 g/mol. The Bertz CT molecular complexity index is 373. The van der Waals surface area contributed by atoms with E-state index in [-0.39, 0.29) is 0 Å². The van der Waals surface area contributed by atoms with E-state index < -0.39 is 0 Å². The Hall–Kier alpha value is -0.980. The van der Waals surface area contributed by atoms with Crippen molar-refractivity contribution in [3.05, 3.63) is 29.8 Å². The van der Waals surface area contributed by atoms with Gasteiger partial charge in [-0.25, -0.2) is 0 Å². The van der Waals surface area contributed by atoms with Crippen molar-refractivity contribution in [1.82, 2.24) is 0 Å². The summed E-state index contributed by atoms with van der Waals surface area (Å²) in [6.07, 6.45) is 9.51. The fourth-order valence-electron chi connectivity index (χ4n) is 3.38. The van der Waals surface area contributed by atoms with E-state index in [0.717, 1.165) is 5.92 Å². The van der Waals surface area contributed by atoms with E-state index in [9.17, 15) is 0 Å². The minimum atomic E-state index is 0.675. The predicted molar refractivity (Wildman–Crippen MR) is 89.4 cm³/mol. The Labute approximate surface area is 125 Å². The Morgan fingerprint density at radius 1 is 1.05 bits per heavy atom. The van der Waals surface area contributed by atoms with Crippen LogP contribution in [0.2, 0.25) is 0 Å². The molecular formula is C19H31N. The van der Waals surface area contributed by atoms with Crippen LogP contribution in [-0.4, -0.2) is 6.04 Å². The van der Waals surface area contributed by atoms with Gasteiger partial charge in [0.2, 0.25) is 0 Å². The maximum Gasteiger partial charge on any atom is 0.0342 e. The standard InChI is InChI=1S/C19H31N/c1-4-6-16-7-11-18(12-8-16)20-19-13-9-17(10-14-19)15(3)5-2/h9-10,13-16,18,20H,4-8,11-12H2,1-3H3. The maximum atomic E-state index is 3.73. The smallest absolute Gasteiger partial charge is 0.0342 e. The zero-order chi connectivity index (χ0) is 14.4. The molecule has 20 heavy (non-hydrogen) atoms. The fraction of sp³-hybridized carbons (Fsp3) is 0.684. The summed E-state index contributed by atoms with van der Waals surface area (Å²) in [5, 5.41) is 3.73. The highest BCUT2D eigenvalue weighted by Gasteiger charge is 2.20. The maximum absolute atomic E-state index is 3.73. The topological polar surface area (TPSA) is 12.0 Å². The average molecular weight is 273 g/mol. The summed E-state index contributed by atoms with van der Waals surface area (Å²) in [6.45, 7) is 6.87. The molecule has 0 spiro atoms. The molecule has 2 rings (SSSR count). The van der Waals surface area contributed by atoms with Gasteiger partial charge in [0.25, 0.3) is 0 Å². The second kappa shape index (κ2) is 7.71. The molecule has 0 heterocycles. The summed E-state index contributed by atoms with van der Waals surface area (Å²) in [5.74, 6) is 1.67. The summed E-state index contributed by atoms with van der Waals surface area (Å²) < 4.78 is 0. The van der Waals surface area contributed by atoms with E-state index in [2.05, 4.69) is 50.4 Å². The molecule has 0 saturated heterocycles. The summed E-state index contributed by atoms with van der Waals surface area (Å²) >= 11 is 0. The van der Waals surface area contributed by atoms with E-state index in [1.165, 1.54) is 56.2 Å². The average Bonchev–Trinajstić information content (AvgIpc) is 2.49. The molecule has 1 aliphatic rings. The van der Waals surface area contributed by atoms with Crippen LogP contribution in [0.25, 0.3) is 0 Å². The molecule has 112 valence electrons. The molecule has 1 aromatic carbocycles. The Morgan fingerprint density at radius 2 is 1.70 bits per heavy atom. The quantitative estimate of drug-likeness (QED) is 0.673. The molecule has 1 fully saturated rings. The number of anilines is 1. The van der Waals surface area contributed by atoms with E-state index in [1.807, 2.05) is 0 Å². The number of hydrogen-bond donors (Lipinski definition) is 1. The van der Waals surface area contributed by atoms with Crippen molar-refractivity contribution in [3.8, 4) is 0 Å². The van der Waals surface area contributed by atoms with Crippen molar-refractivity contribution in [3.63, 3.8) is 0 Å². The lowest BCUT2D eigenvalue weighted by Crippen LogP contribution is -2.26. The minimum absolute atomic E-state index is 0.675. The van der Waals surface area contributed by atoms with Gasteiger partial charge in [-0.3, -0.25) is 0 Å². The monoisotopic (exact) mass is 273 g/mol. The van der Waals surface area contributed by atoms with Gasteiger partial charge in [0, 0.05) is 11.7 Å². The van der Waals surface area contributed by atoms with Crippen LogP contribution in [-0.2, 0) is 0 Å². The molecule has 1 saturated carbocycles. The van der Waals surface area contributed by atoms with Crippen LogP contribution in [0.3, 0.4) is 0 Å². The second-order valence-electron chi connectivity index (χ2n) is 6.58. The molecule has 1 aromatic rings. The Morgan fingerprint density at radius 3 is 2.25 bits per heavy atom. The lowest BCUT2D eigenvalue weighted by Gasteiger charge is -2.29. The predicted octanol–water partition coefficient (Wildman–Crippen LogP) is 5.97. The van der Waals surface area contributed by atoms with Crippen molar-refractivity contribution in [2.24, 2.45) is 5.92 Å². The zero-order valence-corrected chi connectivity index (χ0v) is 13.5. The third-order valence-electron chi connectivity index (χ3n) is 5.01. The van der Waals surface area contributed by atoms with Gasteiger partial charge in [-0.1, -0.05) is 45.7 Å². The van der Waals surface area contributed by atoms with Gasteiger partial charge in [-0.05, 0) is 61.6 Å². The first kappa shape index (κ1) is 15.4. The fourth-order valence-corrected chi connectivity index (χ4v) is 3.38. The SMILES string of the molecule is CCCC1CCC(Nc2ccc(C(C)CC)cc2)CC1. The van der Waals surface area contributed by atoms with Crippen LogP contribution >= 0.6 is 0 Å². The van der Waals surface area contributed by atoms with Gasteiger partial charge < -0.3 is 5.32 Å². The first-order valence-electron chi connectivity index (χ1n) is 8.59. The third kappa shape index (κ3) is 4.26. The molecule has 1 heteroatoms. The lowest BCUT2D eigenvalue weighted by atomic mass is 9.83. The first-order valence-corrected chi connectivity index (χ1v) is 8.59. The third-order valence-corrected chi connectivity index (χ3v) is 5.01. The van der Waals surface area contributed by atoms with Crippen LogP contribution in [0.1, 0.15) is 77.2 Å². The molecule has 0 bridgehead atoms. The van der Waals surface area contributed by atoms with Crippen LogP contribution in [0.5, 0.6) is 0 Å². The summed E-state index contributed by atoms with van der Waals surface area (Å²) in [6, 6.07) is 9.80. The normalized spacial score (nSPS) is 24.4. The second-order valence-corrected chi connectivity index (χ2v) is 6.58. The Kier molecular flexibility index (Phi) is 5.94. The largest absolute Gasteiger partial charge is 0.382 e. The molecule has 0 aliphatic heterocycles. The molecule has 0 aromatic heterocycles. The van der Waals surface area contributed by atoms with E-state index in [4.69, 9.17) is 0 Å². The summed E-state index contributed by atoms with van der Waals surface area (Å²) in [5.41, 5.74) is 2.76. The van der Waals surface area contributed by atoms with E-state index in [0.29, 0.717) is 12.0 Å². The van der Waals surface area contributed by atoms with Crippen LogP contribution in [0.15, 0.2) is 24.3 Å². The number of hydrogen-bond acceptors (Lipinski definition) is 1. The highest BCUT2D eigenvalue weighted by Crippen LogP contribution is 2.30. The molecule has 1 aliphatic carbocycles. The van der Waals surface area contributed by atoms with E-state index >= 15 is 0 Å². The molecule has 0 amide bonds. The molecule has 1 unspecified atom stereocenters. The van der Waals surface area contributed by atoms with Gasteiger partial charge in [-0.2, -0.15) is 0 Å². The van der Waals surface area contributed by atoms with Crippen molar-refractivity contribution >= 4 is 5.69 Å². The first-order chi connectivity index (χ1) is 9.72. The summed E-state index contributed by atoms with van der Waals surface area (Å²) in [4.78, 5) is 0. The molecule has 1 nitrogen and oxygen atoms in total. The van der Waals surface area contributed by atoms with Gasteiger partial charge in [0.05, 0.1) is 0 Å². The van der Waals surface area contributed by atoms with Crippen molar-refractivity contribution in [2.45, 2.75) is 77.7 Å². The molecule has 1 N–H and O–H groups in total. The van der Waals surface area contributed by atoms with Crippen LogP contribution in [0, 0.1) is 5.92 Å². The highest BCUT2D eigenvalue weighted by atomic mass is 14.9. The zero-order valence-electron chi connectivity index (χ0n) is 13.5. The number of benzene rings is 1. The summed E-state index contributed by atoms with van der Waals surface area (Å²) in [7, 11) is 0. The van der Waals surface area contributed by atoms with Crippen LogP contribution < -0.4 is 5.32 Å². The lowest BCUT2D eigenvalue weighted by molar-refractivity contribution is 0.319. The Balaban J connectivity index is 1.82. The van der Waals surface area contributed by atoms with Crippen molar-refractivity contribution < 1.29 is 0 Å². The molecule has 1 atom stereocenters. The van der Waals surface area contributed by atoms with Gasteiger partial charge in [0.1, 0.15) is 0 Å². The number of nitrogens with one attached hydrogen (secondary N) is 1. The van der Waals surface area contributed by atoms with Gasteiger partial charge in [-0.15, -0.1) is 0 Å². The molecule has 0 radical (unpaired) electrons. The van der Waals surface area contributed by atoms with Crippen molar-refractivity contribution in [2.75, 3.05) is 5.32 Å². The highest BCUT2D eigenvalue weighted by molar-refractivity contribution is 5.46. The van der Waals surface area contributed by atoms with Crippen LogP contribution in [0.4, 0.5) is 5.69 Å². The van der Waals surface area contributed by atoms with Gasteiger partial charge >= 0.3 is 0 Å². The van der Waals surface area contributed by atoms with Crippen molar-refractivity contribution in [1.29, 1.82) is 0 Å². The van der Waals surface area contributed by atoms with Gasteiger partial charge in [0.15, 0.2) is 0 Å².